The highest BCUT2D eigenvalue weighted by molar-refractivity contribution is 6.78. The molecule has 1 unspecified atom stereocenters. The van der Waals surface area contributed by atoms with Gasteiger partial charge in [0, 0.05) is 0 Å². The lowest BCUT2D eigenvalue weighted by Gasteiger charge is -2.41. The Balaban J connectivity index is 4.71. The van der Waals surface area contributed by atoms with E-state index in [9.17, 15) is 14.7 Å². The van der Waals surface area contributed by atoms with Crippen LogP contribution in [0.1, 0.15) is 74.1 Å². The molecule has 0 spiro atoms. The second-order valence-corrected chi connectivity index (χ2v) is 12.8. The van der Waals surface area contributed by atoms with Gasteiger partial charge in [-0.25, -0.2) is 4.79 Å². The van der Waals surface area contributed by atoms with Gasteiger partial charge in [0.2, 0.25) is 0 Å². The fourth-order valence-corrected chi connectivity index (χ4v) is 8.64. The van der Waals surface area contributed by atoms with Crippen molar-refractivity contribution >= 4 is 20.3 Å². The van der Waals surface area contributed by atoms with Crippen molar-refractivity contribution in [2.45, 2.75) is 96.9 Å². The van der Waals surface area contributed by atoms with Crippen LogP contribution in [0.25, 0.3) is 0 Å². The summed E-state index contributed by atoms with van der Waals surface area (Å²) in [7, 11) is -2.34. The van der Waals surface area contributed by atoms with Crippen LogP contribution in [0.2, 0.25) is 16.6 Å². The molecule has 1 atom stereocenters. The van der Waals surface area contributed by atoms with Crippen molar-refractivity contribution < 1.29 is 23.9 Å². The molecule has 0 aromatic heterocycles. The van der Waals surface area contributed by atoms with E-state index < -0.39 is 26.4 Å². The summed E-state index contributed by atoms with van der Waals surface area (Å²) in [5, 5.41) is 9.90. The molecule has 0 saturated heterocycles. The summed E-state index contributed by atoms with van der Waals surface area (Å²) in [6.07, 6.45) is 0.976. The maximum absolute atomic E-state index is 12.3. The van der Waals surface area contributed by atoms with Gasteiger partial charge >= 0.3 is 5.97 Å². The smallest absolute Gasteiger partial charge is 0.335 e. The van der Waals surface area contributed by atoms with Crippen LogP contribution >= 0.6 is 0 Å². The maximum Gasteiger partial charge on any atom is 0.335 e. The number of unbranched alkanes of at least 4 members (excludes halogenated alkanes) is 2. The van der Waals surface area contributed by atoms with Crippen LogP contribution in [0.4, 0.5) is 0 Å². The van der Waals surface area contributed by atoms with Gasteiger partial charge in [0.25, 0.3) is 14.3 Å². The number of carbonyl (C=O) groups excluding carboxylic acids is 2. The number of aliphatic hydroxyl groups is 1. The predicted octanol–water partition coefficient (Wildman–Crippen LogP) is 4.19. The summed E-state index contributed by atoms with van der Waals surface area (Å²) >= 11 is 0. The van der Waals surface area contributed by atoms with E-state index in [1.807, 2.05) is 0 Å². The SMILES string of the molecule is CCCCCOC(=O)C(O)CC(=O)O[Si](C(C)C)(C(C)C)C(C)C. The average molecular weight is 361 g/mol. The van der Waals surface area contributed by atoms with Crippen molar-refractivity contribution in [3.63, 3.8) is 0 Å². The number of hydrogen-bond acceptors (Lipinski definition) is 5. The van der Waals surface area contributed by atoms with Gasteiger partial charge in [0.1, 0.15) is 0 Å². The first-order valence-electron chi connectivity index (χ1n) is 9.16. The number of esters is 1. The first-order valence-corrected chi connectivity index (χ1v) is 11.3. The van der Waals surface area contributed by atoms with Crippen LogP contribution < -0.4 is 0 Å². The van der Waals surface area contributed by atoms with Crippen LogP contribution in [0, 0.1) is 0 Å². The topological polar surface area (TPSA) is 72.8 Å². The second kappa shape index (κ2) is 10.9. The highest BCUT2D eigenvalue weighted by atomic mass is 28.4. The van der Waals surface area contributed by atoms with E-state index in [2.05, 4.69) is 48.5 Å². The summed E-state index contributed by atoms with van der Waals surface area (Å²) in [5.74, 6) is -1.25. The fraction of sp³-hybridized carbons (Fsp3) is 0.889. The van der Waals surface area contributed by atoms with Crippen molar-refractivity contribution in [1.82, 2.24) is 0 Å². The molecule has 0 amide bonds. The molecule has 0 aliphatic heterocycles. The van der Waals surface area contributed by atoms with E-state index in [-0.39, 0.29) is 29.7 Å². The first-order chi connectivity index (χ1) is 11.1. The van der Waals surface area contributed by atoms with Gasteiger partial charge in [-0.05, 0) is 23.0 Å². The molecule has 0 bridgehead atoms. The minimum atomic E-state index is -2.34. The Bertz CT molecular complexity index is 371. The number of hydrogen-bond donors (Lipinski definition) is 1. The van der Waals surface area contributed by atoms with Crippen LogP contribution in [0.15, 0.2) is 0 Å². The quantitative estimate of drug-likeness (QED) is 0.340. The lowest BCUT2D eigenvalue weighted by atomic mass is 10.2. The molecule has 1 N–H and O–H groups in total. The van der Waals surface area contributed by atoms with E-state index in [1.54, 1.807) is 0 Å². The monoisotopic (exact) mass is 360 g/mol. The zero-order valence-electron chi connectivity index (χ0n) is 16.4. The minimum Gasteiger partial charge on any atom is -0.518 e. The molecule has 0 aromatic rings. The Hall–Kier alpha value is -0.883. The number of ether oxygens (including phenoxy) is 1. The van der Waals surface area contributed by atoms with Crippen molar-refractivity contribution in [2.75, 3.05) is 6.61 Å². The van der Waals surface area contributed by atoms with Gasteiger partial charge in [0.05, 0.1) is 13.0 Å². The molecular formula is C18H36O5Si. The molecule has 0 radical (unpaired) electrons. The van der Waals surface area contributed by atoms with Crippen molar-refractivity contribution in [3.05, 3.63) is 0 Å². The van der Waals surface area contributed by atoms with E-state index in [4.69, 9.17) is 9.16 Å². The number of carbonyl (C=O) groups is 2. The summed E-state index contributed by atoms with van der Waals surface area (Å²) in [6.45, 7) is 14.8. The molecule has 0 aliphatic rings. The molecule has 142 valence electrons. The molecule has 0 rings (SSSR count). The molecule has 24 heavy (non-hydrogen) atoms. The second-order valence-electron chi connectivity index (χ2n) is 7.39. The van der Waals surface area contributed by atoms with E-state index in [0.717, 1.165) is 19.3 Å². The summed E-state index contributed by atoms with van der Waals surface area (Å²) in [6, 6.07) is 0. The van der Waals surface area contributed by atoms with Gasteiger partial charge in [0.15, 0.2) is 6.10 Å². The Morgan fingerprint density at radius 2 is 1.46 bits per heavy atom. The summed E-state index contributed by atoms with van der Waals surface area (Å²) in [5.41, 5.74) is 0.791. The molecule has 6 heteroatoms. The zero-order valence-corrected chi connectivity index (χ0v) is 17.4. The molecule has 0 fully saturated rings. The highest BCUT2D eigenvalue weighted by Crippen LogP contribution is 2.42. The van der Waals surface area contributed by atoms with Crippen molar-refractivity contribution in [3.8, 4) is 0 Å². The third-order valence-electron chi connectivity index (χ3n) is 4.62. The fourth-order valence-electron chi connectivity index (χ4n) is 3.45. The number of aliphatic hydroxyl groups excluding tert-OH is 1. The van der Waals surface area contributed by atoms with Gasteiger partial charge in [-0.1, -0.05) is 61.3 Å². The van der Waals surface area contributed by atoms with Crippen LogP contribution in [-0.4, -0.2) is 38.1 Å². The predicted molar refractivity (Wildman–Crippen MR) is 98.2 cm³/mol. The summed E-state index contributed by atoms with van der Waals surface area (Å²) < 4.78 is 10.9. The van der Waals surface area contributed by atoms with Crippen molar-refractivity contribution in [1.29, 1.82) is 0 Å². The standard InChI is InChI=1S/C18H36O5Si/c1-8-9-10-11-22-18(21)16(19)12-17(20)23-24(13(2)3,14(4)5)15(6)7/h13-16,19H,8-12H2,1-7H3. The van der Waals surface area contributed by atoms with Crippen LogP contribution in [0.5, 0.6) is 0 Å². The Morgan fingerprint density at radius 3 is 1.88 bits per heavy atom. The average Bonchev–Trinajstić information content (AvgIpc) is 2.47. The Labute approximate surface area is 148 Å². The molecule has 5 nitrogen and oxygen atoms in total. The molecule has 0 heterocycles. The normalized spacial score (nSPS) is 13.5. The first kappa shape index (κ1) is 23.1. The van der Waals surface area contributed by atoms with E-state index in [1.165, 1.54) is 0 Å². The van der Waals surface area contributed by atoms with Gasteiger partial charge in [-0.15, -0.1) is 0 Å². The highest BCUT2D eigenvalue weighted by Gasteiger charge is 2.48. The minimum absolute atomic E-state index is 0.264. The molecule has 0 aliphatic carbocycles. The van der Waals surface area contributed by atoms with E-state index >= 15 is 0 Å². The van der Waals surface area contributed by atoms with Crippen LogP contribution in [-0.2, 0) is 18.8 Å². The Morgan fingerprint density at radius 1 is 0.958 bits per heavy atom. The van der Waals surface area contributed by atoms with E-state index in [0.29, 0.717) is 0 Å². The zero-order chi connectivity index (χ0) is 18.9. The summed E-state index contributed by atoms with van der Waals surface area (Å²) in [4.78, 5) is 24.0. The molecule has 0 aromatic carbocycles. The van der Waals surface area contributed by atoms with Gasteiger partial charge < -0.3 is 14.3 Å². The van der Waals surface area contributed by atoms with Crippen molar-refractivity contribution in [2.24, 2.45) is 0 Å². The van der Waals surface area contributed by atoms with Gasteiger partial charge in [-0.3, -0.25) is 4.79 Å². The largest absolute Gasteiger partial charge is 0.518 e. The Kier molecular flexibility index (Phi) is 10.5. The number of rotatable bonds is 11. The third-order valence-corrected chi connectivity index (χ3v) is 10.6. The lowest BCUT2D eigenvalue weighted by Crippen LogP contribution is -2.49. The van der Waals surface area contributed by atoms with Crippen LogP contribution in [0.3, 0.4) is 0 Å². The maximum atomic E-state index is 12.3. The molecular weight excluding hydrogens is 324 g/mol. The van der Waals surface area contributed by atoms with Gasteiger partial charge in [-0.2, -0.15) is 0 Å². The lowest BCUT2D eigenvalue weighted by molar-refractivity contribution is -0.158. The molecule has 0 saturated carbocycles. The third kappa shape index (κ3) is 6.55.